The van der Waals surface area contributed by atoms with Crippen LogP contribution < -0.4 is 0 Å². The van der Waals surface area contributed by atoms with Crippen LogP contribution in [0.4, 0.5) is 0 Å². The van der Waals surface area contributed by atoms with Gasteiger partial charge in [-0.3, -0.25) is 0 Å². The molecule has 0 aromatic rings. The smallest absolute Gasteiger partial charge is 0.0319 e. The van der Waals surface area contributed by atoms with Gasteiger partial charge in [0.05, 0.1) is 0 Å². The summed E-state index contributed by atoms with van der Waals surface area (Å²) in [5.74, 6) is 0. The van der Waals surface area contributed by atoms with Crippen LogP contribution in [0.15, 0.2) is 0 Å². The van der Waals surface area contributed by atoms with E-state index in [2.05, 4.69) is 0 Å². The molecule has 5 fully saturated rings. The van der Waals surface area contributed by atoms with Gasteiger partial charge in [0.1, 0.15) is 0 Å². The Kier molecular flexibility index (Phi) is 84.2. The number of aliphatic hydroxyl groups excluding tert-OH is 2. The standard InChI is InChI=1S/5C15H30.2CH4O/c5*1-2-4-6-8-10-12-14-15-13-11-9-7-5-3-1;2*1-2/h5*1-15H2;2*2H,1H3. The molecule has 0 radical (unpaired) electrons. The summed E-state index contributed by atoms with van der Waals surface area (Å²) in [4.78, 5) is 0. The van der Waals surface area contributed by atoms with E-state index in [9.17, 15) is 0 Å². The van der Waals surface area contributed by atoms with Gasteiger partial charge in [0.2, 0.25) is 0 Å². The van der Waals surface area contributed by atoms with Crippen LogP contribution >= 0.6 is 0 Å². The minimum Gasteiger partial charge on any atom is -0.400 e. The van der Waals surface area contributed by atoms with Crippen LogP contribution in [0, 0.1) is 0 Å². The summed E-state index contributed by atoms with van der Waals surface area (Å²) in [5, 5.41) is 14.0. The Morgan fingerprint density at radius 3 is 0.0886 bits per heavy atom. The lowest BCUT2D eigenvalue weighted by Gasteiger charge is -2.01. The van der Waals surface area contributed by atoms with Gasteiger partial charge >= 0.3 is 0 Å². The van der Waals surface area contributed by atoms with Gasteiger partial charge in [0.25, 0.3) is 0 Å². The van der Waals surface area contributed by atoms with Crippen molar-refractivity contribution >= 4 is 0 Å². The van der Waals surface area contributed by atoms with E-state index in [0.29, 0.717) is 0 Å². The largest absolute Gasteiger partial charge is 0.400 e. The van der Waals surface area contributed by atoms with Crippen molar-refractivity contribution in [3.05, 3.63) is 0 Å². The molecule has 0 aromatic carbocycles. The van der Waals surface area contributed by atoms with Crippen molar-refractivity contribution in [1.82, 2.24) is 0 Å². The van der Waals surface area contributed by atoms with Crippen LogP contribution in [0.2, 0.25) is 0 Å². The molecule has 5 saturated carbocycles. The van der Waals surface area contributed by atoms with Gasteiger partial charge < -0.3 is 10.2 Å². The van der Waals surface area contributed by atoms with Crippen LogP contribution in [0.1, 0.15) is 482 Å². The zero-order valence-corrected chi connectivity index (χ0v) is 55.9. The number of hydrogen-bond acceptors (Lipinski definition) is 2. The summed E-state index contributed by atoms with van der Waals surface area (Å²) in [6.45, 7) is 0. The van der Waals surface area contributed by atoms with Crippen molar-refractivity contribution in [2.24, 2.45) is 0 Å². The van der Waals surface area contributed by atoms with Crippen LogP contribution in [0.5, 0.6) is 0 Å². The zero-order chi connectivity index (χ0) is 57.0. The highest BCUT2D eigenvalue weighted by molar-refractivity contribution is 4.58. The molecule has 0 saturated heterocycles. The predicted octanol–water partition coefficient (Wildman–Crippen LogP) is 28.5. The highest BCUT2D eigenvalue weighted by Crippen LogP contribution is 2.22. The normalized spacial score (nSPS) is 22.9. The second kappa shape index (κ2) is 82.1. The van der Waals surface area contributed by atoms with E-state index in [4.69, 9.17) is 10.2 Å². The minimum atomic E-state index is 1.00. The van der Waals surface area contributed by atoms with Crippen LogP contribution in [0.3, 0.4) is 0 Å². The quantitative estimate of drug-likeness (QED) is 0.254. The first-order valence-electron chi connectivity index (χ1n) is 38.4. The molecule has 2 heteroatoms. The third kappa shape index (κ3) is 80.0. The third-order valence-corrected chi connectivity index (χ3v) is 18.7. The van der Waals surface area contributed by atoms with Gasteiger partial charge in [-0.25, -0.2) is 0 Å². The Morgan fingerprint density at radius 1 is 0.0633 bits per heavy atom. The second-order valence-electron chi connectivity index (χ2n) is 26.5. The fourth-order valence-electron chi connectivity index (χ4n) is 13.3. The fourth-order valence-corrected chi connectivity index (χ4v) is 13.3. The molecule has 5 aliphatic rings. The molecule has 478 valence electrons. The Balaban J connectivity index is 0. The molecule has 0 aliphatic heterocycles. The van der Waals surface area contributed by atoms with Gasteiger partial charge in [-0.05, 0) is 0 Å². The second-order valence-corrected chi connectivity index (χ2v) is 26.5. The number of aliphatic hydroxyl groups is 2. The van der Waals surface area contributed by atoms with Crippen LogP contribution in [0.25, 0.3) is 0 Å². The lowest BCUT2D eigenvalue weighted by atomic mass is 10.1. The topological polar surface area (TPSA) is 40.5 Å². The van der Waals surface area contributed by atoms with E-state index in [1.54, 1.807) is 0 Å². The van der Waals surface area contributed by atoms with E-state index in [1.165, 1.54) is 482 Å². The molecule has 0 spiro atoms. The molecular formula is C77H158O2. The summed E-state index contributed by atoms with van der Waals surface area (Å²) >= 11 is 0. The third-order valence-electron chi connectivity index (χ3n) is 18.7. The molecule has 0 amide bonds. The van der Waals surface area contributed by atoms with E-state index in [-0.39, 0.29) is 0 Å². The van der Waals surface area contributed by atoms with Crippen molar-refractivity contribution in [2.45, 2.75) is 482 Å². The summed E-state index contributed by atoms with van der Waals surface area (Å²) in [5.41, 5.74) is 0. The van der Waals surface area contributed by atoms with E-state index in [0.717, 1.165) is 14.2 Å². The molecule has 0 unspecified atom stereocenters. The molecule has 5 aliphatic carbocycles. The van der Waals surface area contributed by atoms with Crippen molar-refractivity contribution in [3.63, 3.8) is 0 Å². The van der Waals surface area contributed by atoms with Crippen molar-refractivity contribution in [3.8, 4) is 0 Å². The molecule has 0 heterocycles. The van der Waals surface area contributed by atoms with Crippen molar-refractivity contribution in [1.29, 1.82) is 0 Å². The average Bonchev–Trinajstić information content (AvgIpc) is 3.53. The van der Waals surface area contributed by atoms with Gasteiger partial charge in [-0.1, -0.05) is 482 Å². The highest BCUT2D eigenvalue weighted by Gasteiger charge is 2.02. The molecule has 5 rings (SSSR count). The Bertz CT molecular complexity index is 481. The Labute approximate surface area is 503 Å². The number of rotatable bonds is 0. The Morgan fingerprint density at radius 2 is 0.0759 bits per heavy atom. The van der Waals surface area contributed by atoms with E-state index < -0.39 is 0 Å². The first-order chi connectivity index (χ1) is 39.5. The monoisotopic (exact) mass is 1120 g/mol. The van der Waals surface area contributed by atoms with Gasteiger partial charge in [0.15, 0.2) is 0 Å². The molecule has 0 aromatic heterocycles. The first-order valence-corrected chi connectivity index (χ1v) is 38.4. The first kappa shape index (κ1) is 81.0. The molecular weight excluding hydrogens is 957 g/mol. The maximum Gasteiger partial charge on any atom is 0.0319 e. The summed E-state index contributed by atoms with van der Waals surface area (Å²) in [7, 11) is 2.00. The molecule has 0 bridgehead atoms. The van der Waals surface area contributed by atoms with Crippen LogP contribution in [-0.2, 0) is 0 Å². The van der Waals surface area contributed by atoms with Gasteiger partial charge in [-0.2, -0.15) is 0 Å². The summed E-state index contributed by atoms with van der Waals surface area (Å²) in [6.07, 6.45) is 112. The Hall–Kier alpha value is -0.0800. The van der Waals surface area contributed by atoms with E-state index in [1.807, 2.05) is 0 Å². The average molecular weight is 1120 g/mol. The van der Waals surface area contributed by atoms with Crippen molar-refractivity contribution in [2.75, 3.05) is 14.2 Å². The maximum absolute atomic E-state index is 7.00. The lowest BCUT2D eigenvalue weighted by Crippen LogP contribution is -1.81. The lowest BCUT2D eigenvalue weighted by molar-refractivity contribution is 0.399. The highest BCUT2D eigenvalue weighted by atomic mass is 16.2. The molecule has 79 heavy (non-hydrogen) atoms. The van der Waals surface area contributed by atoms with Crippen molar-refractivity contribution < 1.29 is 10.2 Å². The van der Waals surface area contributed by atoms with Gasteiger partial charge in [-0.15, -0.1) is 0 Å². The van der Waals surface area contributed by atoms with E-state index >= 15 is 0 Å². The fraction of sp³-hybridized carbons (Fsp3) is 1.00. The predicted molar refractivity (Wildman–Crippen MR) is 363 cm³/mol. The molecule has 0 atom stereocenters. The number of hydrogen-bond donors (Lipinski definition) is 2. The SMILES string of the molecule is C1CCCCCCCCCCCCCC1.C1CCCCCCCCCCCCCC1.C1CCCCCCCCCCCCCC1.C1CCCCCCCCCCCCCC1.C1CCCCCCCCCCCCCC1.CO.CO. The molecule has 2 N–H and O–H groups in total. The van der Waals surface area contributed by atoms with Crippen LogP contribution in [-0.4, -0.2) is 24.4 Å². The van der Waals surface area contributed by atoms with Gasteiger partial charge in [0, 0.05) is 14.2 Å². The molecule has 2 nitrogen and oxygen atoms in total. The summed E-state index contributed by atoms with van der Waals surface area (Å²) < 4.78 is 0. The summed E-state index contributed by atoms with van der Waals surface area (Å²) in [6, 6.07) is 0. The zero-order valence-electron chi connectivity index (χ0n) is 55.9. The maximum atomic E-state index is 7.00. The minimum absolute atomic E-state index is 1.00.